The van der Waals surface area contributed by atoms with Gasteiger partial charge in [-0.25, -0.2) is 19.9 Å². The van der Waals surface area contributed by atoms with Gasteiger partial charge in [-0.1, -0.05) is 6.07 Å². The Hall–Kier alpha value is -2.87. The average molecular weight is 395 g/mol. The van der Waals surface area contributed by atoms with E-state index in [2.05, 4.69) is 25.3 Å². The van der Waals surface area contributed by atoms with Gasteiger partial charge in [-0.3, -0.25) is 4.79 Å². The van der Waals surface area contributed by atoms with Crippen molar-refractivity contribution in [2.45, 2.75) is 45.3 Å². The molecule has 7 nitrogen and oxygen atoms in total. The third-order valence-corrected chi connectivity index (χ3v) is 5.78. The van der Waals surface area contributed by atoms with Crippen LogP contribution >= 0.6 is 11.3 Å². The molecule has 8 heteroatoms. The molecule has 0 saturated heterocycles. The summed E-state index contributed by atoms with van der Waals surface area (Å²) in [7, 11) is 0. The second-order valence-electron chi connectivity index (χ2n) is 6.68. The van der Waals surface area contributed by atoms with E-state index in [0.29, 0.717) is 33.8 Å². The highest BCUT2D eigenvalue weighted by atomic mass is 32.1. The molecule has 3 heterocycles. The third-order valence-electron chi connectivity index (χ3n) is 4.63. The number of hydrogen-bond donors (Lipinski definition) is 1. The Balaban J connectivity index is 1.44. The maximum Gasteiger partial charge on any atom is 0.263 e. The van der Waals surface area contributed by atoms with E-state index >= 15 is 0 Å². The monoisotopic (exact) mass is 395 g/mol. The van der Waals surface area contributed by atoms with Crippen LogP contribution in [0.1, 0.15) is 46.6 Å². The highest BCUT2D eigenvalue weighted by Gasteiger charge is 2.20. The molecule has 1 amide bonds. The van der Waals surface area contributed by atoms with Crippen LogP contribution in [0.3, 0.4) is 0 Å². The average Bonchev–Trinajstić information content (AvgIpc) is 3.37. The molecule has 1 saturated carbocycles. The van der Waals surface area contributed by atoms with Crippen LogP contribution in [0.4, 0.5) is 0 Å². The zero-order valence-corrected chi connectivity index (χ0v) is 16.4. The summed E-state index contributed by atoms with van der Waals surface area (Å²) in [6.07, 6.45) is 9.78. The molecule has 1 aliphatic carbocycles. The number of nitrogens with zero attached hydrogens (tertiary/aromatic N) is 4. The van der Waals surface area contributed by atoms with Gasteiger partial charge in [0.15, 0.2) is 10.8 Å². The molecule has 0 bridgehead atoms. The lowest BCUT2D eigenvalue weighted by Crippen LogP contribution is -2.23. The van der Waals surface area contributed by atoms with Crippen LogP contribution in [-0.4, -0.2) is 31.9 Å². The summed E-state index contributed by atoms with van der Waals surface area (Å²) in [5.74, 6) is 0.955. The summed E-state index contributed by atoms with van der Waals surface area (Å²) in [4.78, 5) is 30.4. The Labute approximate surface area is 167 Å². The second kappa shape index (κ2) is 8.43. The molecular formula is C20H21N5O2S. The SMILES string of the molecule is Cc1nc(-c2ncccn2)sc1C(=O)NCc1cccnc1OC1CCCC1. The maximum absolute atomic E-state index is 12.7. The molecule has 1 aliphatic rings. The Morgan fingerprint density at radius 1 is 1.18 bits per heavy atom. The van der Waals surface area contributed by atoms with Crippen molar-refractivity contribution in [1.29, 1.82) is 0 Å². The van der Waals surface area contributed by atoms with Crippen LogP contribution < -0.4 is 10.1 Å². The van der Waals surface area contributed by atoms with E-state index in [-0.39, 0.29) is 12.0 Å². The van der Waals surface area contributed by atoms with Gasteiger partial charge >= 0.3 is 0 Å². The fourth-order valence-corrected chi connectivity index (χ4v) is 4.13. The number of ether oxygens (including phenoxy) is 1. The predicted molar refractivity (Wildman–Crippen MR) is 106 cm³/mol. The zero-order valence-electron chi connectivity index (χ0n) is 15.6. The smallest absolute Gasteiger partial charge is 0.263 e. The molecular weight excluding hydrogens is 374 g/mol. The lowest BCUT2D eigenvalue weighted by atomic mass is 10.2. The van der Waals surface area contributed by atoms with Gasteiger partial charge in [-0.2, -0.15) is 0 Å². The van der Waals surface area contributed by atoms with Gasteiger partial charge in [0.25, 0.3) is 5.91 Å². The zero-order chi connectivity index (χ0) is 19.3. The summed E-state index contributed by atoms with van der Waals surface area (Å²) >= 11 is 1.29. The number of thiazole rings is 1. The van der Waals surface area contributed by atoms with Gasteiger partial charge in [0, 0.05) is 30.7 Å². The second-order valence-corrected chi connectivity index (χ2v) is 7.68. The minimum atomic E-state index is -0.173. The van der Waals surface area contributed by atoms with Gasteiger partial charge < -0.3 is 10.1 Å². The van der Waals surface area contributed by atoms with Gasteiger partial charge in [0.2, 0.25) is 5.88 Å². The van der Waals surface area contributed by atoms with E-state index in [1.807, 2.05) is 19.1 Å². The summed E-state index contributed by atoms with van der Waals surface area (Å²) in [5, 5.41) is 3.59. The molecule has 0 atom stereocenters. The van der Waals surface area contributed by atoms with Crippen molar-refractivity contribution in [2.75, 3.05) is 0 Å². The first-order valence-corrected chi connectivity index (χ1v) is 10.2. The molecule has 144 valence electrons. The number of rotatable bonds is 6. The van der Waals surface area contributed by atoms with Crippen LogP contribution in [0.25, 0.3) is 10.8 Å². The van der Waals surface area contributed by atoms with Crippen LogP contribution in [0.15, 0.2) is 36.8 Å². The fourth-order valence-electron chi connectivity index (χ4n) is 3.20. The fraction of sp³-hybridized carbons (Fsp3) is 0.350. The number of amides is 1. The number of nitrogens with one attached hydrogen (secondary N) is 1. The highest BCUT2D eigenvalue weighted by Crippen LogP contribution is 2.26. The number of carbonyl (C=O) groups excluding carboxylic acids is 1. The summed E-state index contributed by atoms with van der Waals surface area (Å²) in [6.45, 7) is 2.17. The van der Waals surface area contributed by atoms with Crippen LogP contribution in [0, 0.1) is 6.92 Å². The van der Waals surface area contributed by atoms with E-state index in [4.69, 9.17) is 4.74 Å². The molecule has 0 aromatic carbocycles. The Bertz CT molecular complexity index is 954. The minimum absolute atomic E-state index is 0.173. The Kier molecular flexibility index (Phi) is 5.57. The molecule has 4 rings (SSSR count). The van der Waals surface area contributed by atoms with Crippen molar-refractivity contribution in [3.8, 4) is 16.7 Å². The number of aryl methyl sites for hydroxylation is 1. The van der Waals surface area contributed by atoms with E-state index in [1.54, 1.807) is 24.7 Å². The quantitative estimate of drug-likeness (QED) is 0.686. The number of carbonyl (C=O) groups is 1. The first-order valence-electron chi connectivity index (χ1n) is 9.34. The minimum Gasteiger partial charge on any atom is -0.474 e. The maximum atomic E-state index is 12.7. The van der Waals surface area contributed by atoms with Crippen molar-refractivity contribution >= 4 is 17.2 Å². The molecule has 1 N–H and O–H groups in total. The highest BCUT2D eigenvalue weighted by molar-refractivity contribution is 7.17. The normalized spacial score (nSPS) is 14.2. The van der Waals surface area contributed by atoms with Gasteiger partial charge in [-0.15, -0.1) is 11.3 Å². The van der Waals surface area contributed by atoms with E-state index in [1.165, 1.54) is 24.2 Å². The number of aromatic nitrogens is 4. The van der Waals surface area contributed by atoms with Gasteiger partial charge in [-0.05, 0) is 44.7 Å². The Morgan fingerprint density at radius 2 is 1.93 bits per heavy atom. The van der Waals surface area contributed by atoms with Crippen LogP contribution in [0.2, 0.25) is 0 Å². The summed E-state index contributed by atoms with van der Waals surface area (Å²) in [5.41, 5.74) is 1.54. The summed E-state index contributed by atoms with van der Waals surface area (Å²) in [6, 6.07) is 5.53. The van der Waals surface area contributed by atoms with Gasteiger partial charge in [0.05, 0.1) is 5.69 Å². The first-order chi connectivity index (χ1) is 13.7. The van der Waals surface area contributed by atoms with Crippen molar-refractivity contribution in [3.63, 3.8) is 0 Å². The topological polar surface area (TPSA) is 89.9 Å². The third kappa shape index (κ3) is 4.17. The number of hydrogen-bond acceptors (Lipinski definition) is 7. The largest absolute Gasteiger partial charge is 0.474 e. The van der Waals surface area contributed by atoms with Crippen LogP contribution in [-0.2, 0) is 6.54 Å². The van der Waals surface area contributed by atoms with E-state index in [9.17, 15) is 4.79 Å². The van der Waals surface area contributed by atoms with Crippen LogP contribution in [0.5, 0.6) is 5.88 Å². The molecule has 0 radical (unpaired) electrons. The Morgan fingerprint density at radius 3 is 2.71 bits per heavy atom. The van der Waals surface area contributed by atoms with Gasteiger partial charge in [0.1, 0.15) is 11.0 Å². The predicted octanol–water partition coefficient (Wildman–Crippen LogP) is 3.55. The molecule has 3 aromatic heterocycles. The molecule has 3 aromatic rings. The van der Waals surface area contributed by atoms with Crippen molar-refractivity contribution in [3.05, 3.63) is 52.9 Å². The molecule has 0 aliphatic heterocycles. The van der Waals surface area contributed by atoms with Crippen molar-refractivity contribution in [1.82, 2.24) is 25.3 Å². The summed E-state index contributed by atoms with van der Waals surface area (Å²) < 4.78 is 6.04. The van der Waals surface area contributed by atoms with Crippen molar-refractivity contribution < 1.29 is 9.53 Å². The lowest BCUT2D eigenvalue weighted by Gasteiger charge is -2.15. The number of pyridine rings is 1. The lowest BCUT2D eigenvalue weighted by molar-refractivity contribution is 0.0953. The molecule has 0 unspecified atom stereocenters. The first kappa shape index (κ1) is 18.5. The molecule has 28 heavy (non-hydrogen) atoms. The molecule has 0 spiro atoms. The standard InChI is InChI=1S/C20H21N5O2S/c1-13-16(28-20(25-13)17-21-10-5-11-22-17)18(26)24-12-14-6-4-9-23-19(14)27-15-7-2-3-8-15/h4-6,9-11,15H,2-3,7-8,12H2,1H3,(H,24,26). The van der Waals surface area contributed by atoms with Crippen molar-refractivity contribution in [2.24, 2.45) is 0 Å². The van der Waals surface area contributed by atoms with E-state index < -0.39 is 0 Å². The molecule has 1 fully saturated rings. The van der Waals surface area contributed by atoms with E-state index in [0.717, 1.165) is 18.4 Å².